The quantitative estimate of drug-likeness (QED) is 0.901. The lowest BCUT2D eigenvalue weighted by Crippen LogP contribution is -2.63. The van der Waals surface area contributed by atoms with Gasteiger partial charge in [0.15, 0.2) is 0 Å². The molecule has 0 radical (unpaired) electrons. The summed E-state index contributed by atoms with van der Waals surface area (Å²) in [6, 6.07) is 5.28. The van der Waals surface area contributed by atoms with Crippen LogP contribution in [0.5, 0.6) is 0 Å². The summed E-state index contributed by atoms with van der Waals surface area (Å²) in [5.74, 6) is -0.761. The average Bonchev–Trinajstić information content (AvgIpc) is 2.26. The van der Waals surface area contributed by atoms with Gasteiger partial charge < -0.3 is 5.11 Å². The summed E-state index contributed by atoms with van der Waals surface area (Å²) < 4.78 is 38.8. The first kappa shape index (κ1) is 13.5. The maximum Gasteiger partial charge on any atom is 0.246 e. The topological polar surface area (TPSA) is 57.6 Å². The molecule has 4 nitrogen and oxygen atoms in total. The molecule has 1 aliphatic heterocycles. The van der Waals surface area contributed by atoms with E-state index in [0.29, 0.717) is 6.42 Å². The van der Waals surface area contributed by atoms with E-state index < -0.39 is 21.4 Å². The summed E-state index contributed by atoms with van der Waals surface area (Å²) in [4.78, 5) is -0.330. The van der Waals surface area contributed by atoms with Crippen LogP contribution in [0.4, 0.5) is 4.39 Å². The zero-order chi connectivity index (χ0) is 13.4. The Hall–Kier alpha value is -0.980. The predicted octanol–water partition coefficient (Wildman–Crippen LogP) is 1.36. The second-order valence-corrected chi connectivity index (χ2v) is 6.58. The Morgan fingerprint density at radius 3 is 2.56 bits per heavy atom. The minimum absolute atomic E-state index is 0.0392. The van der Waals surface area contributed by atoms with Gasteiger partial charge in [0.25, 0.3) is 0 Å². The molecule has 6 heteroatoms. The van der Waals surface area contributed by atoms with Crippen LogP contribution in [-0.2, 0) is 10.0 Å². The van der Waals surface area contributed by atoms with E-state index in [1.807, 2.05) is 6.92 Å². The number of benzene rings is 1. The average molecular weight is 273 g/mol. The van der Waals surface area contributed by atoms with Gasteiger partial charge in [-0.3, -0.25) is 0 Å². The minimum atomic E-state index is -3.82. The molecule has 0 saturated carbocycles. The van der Waals surface area contributed by atoms with Crippen molar-refractivity contribution >= 4 is 10.0 Å². The second-order valence-electron chi connectivity index (χ2n) is 4.68. The van der Waals surface area contributed by atoms with Crippen LogP contribution >= 0.6 is 0 Å². The normalized spacial score (nSPS) is 19.5. The van der Waals surface area contributed by atoms with Gasteiger partial charge in [-0.25, -0.2) is 12.8 Å². The van der Waals surface area contributed by atoms with Gasteiger partial charge in [-0.2, -0.15) is 4.31 Å². The van der Waals surface area contributed by atoms with Crippen LogP contribution in [0.3, 0.4) is 0 Å². The molecule has 1 aromatic carbocycles. The Labute approximate surface area is 106 Å². The molecule has 0 bridgehead atoms. The van der Waals surface area contributed by atoms with Crippen molar-refractivity contribution < 1.29 is 17.9 Å². The molecular formula is C12H16FNO3S. The van der Waals surface area contributed by atoms with Gasteiger partial charge >= 0.3 is 0 Å². The number of hydrogen-bond acceptors (Lipinski definition) is 3. The molecule has 1 saturated heterocycles. The Morgan fingerprint density at radius 1 is 1.39 bits per heavy atom. The molecule has 0 spiro atoms. The number of aliphatic hydroxyl groups is 1. The van der Waals surface area contributed by atoms with Crippen molar-refractivity contribution in [3.05, 3.63) is 30.1 Å². The number of halogens is 1. The van der Waals surface area contributed by atoms with Gasteiger partial charge in [-0.05, 0) is 18.6 Å². The summed E-state index contributed by atoms with van der Waals surface area (Å²) in [6.07, 6.45) is 1.33. The molecule has 1 N–H and O–H groups in total. The molecule has 1 aromatic rings. The van der Waals surface area contributed by atoms with Crippen molar-refractivity contribution in [1.82, 2.24) is 4.31 Å². The SMILES string of the molecule is CCCC1(O)CN(S(=O)(=O)c2ccccc2F)C1. The van der Waals surface area contributed by atoms with E-state index in [9.17, 15) is 17.9 Å². The highest BCUT2D eigenvalue weighted by Gasteiger charge is 2.47. The van der Waals surface area contributed by atoms with Crippen molar-refractivity contribution in [2.45, 2.75) is 30.3 Å². The van der Waals surface area contributed by atoms with Crippen LogP contribution in [-0.4, -0.2) is 36.5 Å². The monoisotopic (exact) mass is 273 g/mol. The lowest BCUT2D eigenvalue weighted by Gasteiger charge is -2.45. The van der Waals surface area contributed by atoms with Gasteiger partial charge in [0, 0.05) is 13.1 Å². The van der Waals surface area contributed by atoms with Crippen LogP contribution in [0.15, 0.2) is 29.2 Å². The zero-order valence-corrected chi connectivity index (χ0v) is 11.0. The molecule has 0 aliphatic carbocycles. The van der Waals surface area contributed by atoms with E-state index in [1.165, 1.54) is 18.2 Å². The Morgan fingerprint density at radius 2 is 2.00 bits per heavy atom. The number of β-amino-alcohol motifs (C(OH)–C–C–N with tert-alkyl or cyclic N) is 1. The van der Waals surface area contributed by atoms with Gasteiger partial charge in [0.2, 0.25) is 10.0 Å². The number of rotatable bonds is 4. The van der Waals surface area contributed by atoms with E-state index in [1.54, 1.807) is 0 Å². The standard InChI is InChI=1S/C12H16FNO3S/c1-2-7-12(15)8-14(9-12)18(16,17)11-6-4-3-5-10(11)13/h3-6,15H,2,7-9H2,1H3. The molecule has 18 heavy (non-hydrogen) atoms. The Bertz CT molecular complexity index is 538. The molecule has 1 aliphatic rings. The van der Waals surface area contributed by atoms with Gasteiger partial charge in [0.1, 0.15) is 10.7 Å². The van der Waals surface area contributed by atoms with Crippen LogP contribution in [0, 0.1) is 5.82 Å². The molecule has 100 valence electrons. The number of nitrogens with zero attached hydrogens (tertiary/aromatic N) is 1. The largest absolute Gasteiger partial charge is 0.387 e. The third-order valence-corrected chi connectivity index (χ3v) is 4.94. The molecule has 1 heterocycles. The summed E-state index contributed by atoms with van der Waals surface area (Å²) in [6.45, 7) is 2.00. The Balaban J connectivity index is 2.19. The molecule has 1 fully saturated rings. The summed E-state index contributed by atoms with van der Waals surface area (Å²) in [7, 11) is -3.82. The fourth-order valence-electron chi connectivity index (χ4n) is 2.20. The molecule has 0 unspecified atom stereocenters. The highest BCUT2D eigenvalue weighted by atomic mass is 32.2. The van der Waals surface area contributed by atoms with Crippen molar-refractivity contribution in [2.24, 2.45) is 0 Å². The third-order valence-electron chi connectivity index (χ3n) is 3.11. The molecule has 0 aromatic heterocycles. The molecule has 0 amide bonds. The fourth-order valence-corrected chi connectivity index (χ4v) is 3.86. The number of hydrogen-bond donors (Lipinski definition) is 1. The van der Waals surface area contributed by atoms with Crippen LogP contribution in [0.25, 0.3) is 0 Å². The highest BCUT2D eigenvalue weighted by molar-refractivity contribution is 7.89. The van der Waals surface area contributed by atoms with Crippen LogP contribution in [0.1, 0.15) is 19.8 Å². The van der Waals surface area contributed by atoms with E-state index in [-0.39, 0.29) is 18.0 Å². The van der Waals surface area contributed by atoms with Crippen LogP contribution in [0.2, 0.25) is 0 Å². The highest BCUT2D eigenvalue weighted by Crippen LogP contribution is 2.31. The second kappa shape index (κ2) is 4.60. The first-order chi connectivity index (χ1) is 8.39. The van der Waals surface area contributed by atoms with E-state index in [2.05, 4.69) is 0 Å². The maximum absolute atomic E-state index is 13.5. The first-order valence-corrected chi connectivity index (χ1v) is 7.30. The predicted molar refractivity (Wildman–Crippen MR) is 65.0 cm³/mol. The van der Waals surface area contributed by atoms with Crippen LogP contribution < -0.4 is 0 Å². The smallest absolute Gasteiger partial charge is 0.246 e. The number of sulfonamides is 1. The first-order valence-electron chi connectivity index (χ1n) is 5.86. The van der Waals surface area contributed by atoms with Crippen molar-refractivity contribution in [3.8, 4) is 0 Å². The molecule has 2 rings (SSSR count). The third kappa shape index (κ3) is 2.28. The van der Waals surface area contributed by atoms with Crippen molar-refractivity contribution in [3.63, 3.8) is 0 Å². The molecule has 0 atom stereocenters. The zero-order valence-electron chi connectivity index (χ0n) is 10.1. The Kier molecular flexibility index (Phi) is 3.44. The van der Waals surface area contributed by atoms with Gasteiger partial charge in [-0.15, -0.1) is 0 Å². The summed E-state index contributed by atoms with van der Waals surface area (Å²) in [5, 5.41) is 9.96. The van der Waals surface area contributed by atoms with Gasteiger partial charge in [-0.1, -0.05) is 25.5 Å². The lowest BCUT2D eigenvalue weighted by molar-refractivity contribution is -0.0654. The fraction of sp³-hybridized carbons (Fsp3) is 0.500. The van der Waals surface area contributed by atoms with E-state index in [4.69, 9.17) is 0 Å². The van der Waals surface area contributed by atoms with E-state index >= 15 is 0 Å². The lowest BCUT2D eigenvalue weighted by atomic mass is 9.92. The van der Waals surface area contributed by atoms with E-state index in [0.717, 1.165) is 16.8 Å². The van der Waals surface area contributed by atoms with Crippen molar-refractivity contribution in [2.75, 3.05) is 13.1 Å². The molecular weight excluding hydrogens is 257 g/mol. The summed E-state index contributed by atoms with van der Waals surface area (Å²) >= 11 is 0. The maximum atomic E-state index is 13.5. The minimum Gasteiger partial charge on any atom is -0.387 e. The van der Waals surface area contributed by atoms with Crippen molar-refractivity contribution in [1.29, 1.82) is 0 Å². The van der Waals surface area contributed by atoms with Gasteiger partial charge in [0.05, 0.1) is 5.60 Å². The summed E-state index contributed by atoms with van der Waals surface area (Å²) in [5.41, 5.74) is -0.951.